The molecule has 0 saturated carbocycles. The van der Waals surface area contributed by atoms with E-state index in [1.165, 1.54) is 0 Å². The molecule has 0 aliphatic carbocycles. The van der Waals surface area contributed by atoms with E-state index in [0.717, 1.165) is 29.8 Å². The van der Waals surface area contributed by atoms with E-state index in [0.29, 0.717) is 42.8 Å². The van der Waals surface area contributed by atoms with Gasteiger partial charge in [-0.15, -0.1) is 0 Å². The third-order valence-corrected chi connectivity index (χ3v) is 5.54. The topological polar surface area (TPSA) is 89.5 Å². The number of benzene rings is 1. The van der Waals surface area contributed by atoms with Crippen molar-refractivity contribution in [2.75, 3.05) is 31.2 Å². The fourth-order valence-electron chi connectivity index (χ4n) is 3.93. The van der Waals surface area contributed by atoms with Gasteiger partial charge in [-0.1, -0.05) is 0 Å². The van der Waals surface area contributed by atoms with Crippen LogP contribution in [0.4, 0.5) is 5.95 Å². The van der Waals surface area contributed by atoms with Gasteiger partial charge in [-0.3, -0.25) is 9.78 Å². The number of fused-ring (bicyclic) bond motifs is 1. The van der Waals surface area contributed by atoms with E-state index in [-0.39, 0.29) is 11.9 Å². The summed E-state index contributed by atoms with van der Waals surface area (Å²) in [7, 11) is 0. The van der Waals surface area contributed by atoms with Crippen LogP contribution in [0, 0.1) is 6.92 Å². The van der Waals surface area contributed by atoms with Crippen molar-refractivity contribution in [3.8, 4) is 22.8 Å². The molecular formula is C23H23N5O3. The van der Waals surface area contributed by atoms with E-state index < -0.39 is 0 Å². The highest BCUT2D eigenvalue weighted by Crippen LogP contribution is 2.33. The molecule has 3 aromatic rings. The van der Waals surface area contributed by atoms with Crippen LogP contribution in [0.3, 0.4) is 0 Å². The van der Waals surface area contributed by atoms with Crippen molar-refractivity contribution in [2.45, 2.75) is 19.4 Å². The summed E-state index contributed by atoms with van der Waals surface area (Å²) >= 11 is 0. The molecule has 1 aromatic carbocycles. The summed E-state index contributed by atoms with van der Waals surface area (Å²) in [5.41, 5.74) is 3.25. The second-order valence-corrected chi connectivity index (χ2v) is 7.70. The van der Waals surface area contributed by atoms with Crippen LogP contribution in [0.2, 0.25) is 0 Å². The lowest BCUT2D eigenvalue weighted by Gasteiger charge is -2.21. The van der Waals surface area contributed by atoms with Crippen LogP contribution in [0.5, 0.6) is 11.5 Å². The molecule has 1 amide bonds. The highest BCUT2D eigenvalue weighted by atomic mass is 16.6. The summed E-state index contributed by atoms with van der Waals surface area (Å²) in [4.78, 5) is 28.3. The van der Waals surface area contributed by atoms with Crippen LogP contribution >= 0.6 is 0 Å². The molecule has 5 rings (SSSR count). The van der Waals surface area contributed by atoms with Gasteiger partial charge in [0.15, 0.2) is 11.5 Å². The van der Waals surface area contributed by atoms with Crippen LogP contribution in [0.1, 0.15) is 22.3 Å². The van der Waals surface area contributed by atoms with Gasteiger partial charge in [-0.25, -0.2) is 9.97 Å². The number of aromatic nitrogens is 3. The first-order valence-corrected chi connectivity index (χ1v) is 10.4. The van der Waals surface area contributed by atoms with Crippen LogP contribution in [-0.2, 0) is 0 Å². The Morgan fingerprint density at radius 3 is 2.81 bits per heavy atom. The second-order valence-electron chi connectivity index (χ2n) is 7.70. The van der Waals surface area contributed by atoms with E-state index in [2.05, 4.69) is 20.2 Å². The molecule has 0 radical (unpaired) electrons. The number of carbonyl (C=O) groups is 1. The maximum Gasteiger partial charge on any atom is 0.251 e. The normalized spacial score (nSPS) is 17.5. The molecule has 1 fully saturated rings. The molecule has 4 heterocycles. The van der Waals surface area contributed by atoms with E-state index >= 15 is 0 Å². The van der Waals surface area contributed by atoms with Crippen molar-refractivity contribution in [2.24, 2.45) is 0 Å². The van der Waals surface area contributed by atoms with E-state index in [1.807, 2.05) is 31.2 Å². The second kappa shape index (κ2) is 8.22. The Balaban J connectivity index is 1.27. The lowest BCUT2D eigenvalue weighted by Crippen LogP contribution is -2.37. The molecule has 31 heavy (non-hydrogen) atoms. The standard InChI is InChI=1S/C23H23N5O3/c1-15-11-20-21(31-10-9-30-20)12-18(15)22(29)26-17-5-8-28(14-17)23-25-7-4-19(27-23)16-3-2-6-24-13-16/h2-4,6-7,11-13,17H,5,8-10,14H2,1H3,(H,26,29). The van der Waals surface area contributed by atoms with Gasteiger partial charge >= 0.3 is 0 Å². The third kappa shape index (κ3) is 4.01. The average molecular weight is 417 g/mol. The Hall–Kier alpha value is -3.68. The number of anilines is 1. The van der Waals surface area contributed by atoms with Crippen molar-refractivity contribution < 1.29 is 14.3 Å². The van der Waals surface area contributed by atoms with Gasteiger partial charge in [-0.05, 0) is 49.2 Å². The van der Waals surface area contributed by atoms with Crippen molar-refractivity contribution in [3.05, 3.63) is 60.0 Å². The largest absolute Gasteiger partial charge is 0.486 e. The monoisotopic (exact) mass is 417 g/mol. The fourth-order valence-corrected chi connectivity index (χ4v) is 3.93. The van der Waals surface area contributed by atoms with Gasteiger partial charge < -0.3 is 19.7 Å². The Morgan fingerprint density at radius 1 is 1.16 bits per heavy atom. The Bertz CT molecular complexity index is 1110. The first kappa shape index (κ1) is 19.3. The Morgan fingerprint density at radius 2 is 2.00 bits per heavy atom. The minimum absolute atomic E-state index is 0.0192. The minimum atomic E-state index is -0.105. The maximum atomic E-state index is 12.9. The summed E-state index contributed by atoms with van der Waals surface area (Å²) in [6.45, 7) is 4.37. The molecule has 1 saturated heterocycles. The summed E-state index contributed by atoms with van der Waals surface area (Å²) in [6, 6.07) is 9.39. The molecule has 2 aromatic heterocycles. The van der Waals surface area contributed by atoms with Crippen molar-refractivity contribution in [1.82, 2.24) is 20.3 Å². The fraction of sp³-hybridized carbons (Fsp3) is 0.304. The number of hydrogen-bond donors (Lipinski definition) is 1. The minimum Gasteiger partial charge on any atom is -0.486 e. The number of nitrogens with zero attached hydrogens (tertiary/aromatic N) is 4. The smallest absolute Gasteiger partial charge is 0.251 e. The van der Waals surface area contributed by atoms with Gasteiger partial charge in [0.05, 0.1) is 5.69 Å². The van der Waals surface area contributed by atoms with Crippen LogP contribution in [-0.4, -0.2) is 53.2 Å². The molecule has 158 valence electrons. The van der Waals surface area contributed by atoms with Crippen molar-refractivity contribution >= 4 is 11.9 Å². The SMILES string of the molecule is Cc1cc2c(cc1C(=O)NC1CCN(c3nccc(-c4cccnc4)n3)C1)OCCO2. The number of nitrogens with one attached hydrogen (secondary N) is 1. The zero-order valence-corrected chi connectivity index (χ0v) is 17.2. The lowest BCUT2D eigenvalue weighted by atomic mass is 10.1. The highest BCUT2D eigenvalue weighted by molar-refractivity contribution is 5.96. The number of hydrogen-bond acceptors (Lipinski definition) is 7. The molecule has 0 spiro atoms. The molecule has 1 atom stereocenters. The van der Waals surface area contributed by atoms with Crippen molar-refractivity contribution in [3.63, 3.8) is 0 Å². The molecule has 2 aliphatic heterocycles. The van der Waals surface area contributed by atoms with Gasteiger partial charge in [0, 0.05) is 48.8 Å². The third-order valence-electron chi connectivity index (χ3n) is 5.54. The molecule has 1 N–H and O–H groups in total. The summed E-state index contributed by atoms with van der Waals surface area (Å²) in [5.74, 6) is 1.87. The van der Waals surface area contributed by atoms with E-state index in [1.54, 1.807) is 24.7 Å². The van der Waals surface area contributed by atoms with E-state index in [9.17, 15) is 4.79 Å². The highest BCUT2D eigenvalue weighted by Gasteiger charge is 2.27. The predicted molar refractivity (Wildman–Crippen MR) is 116 cm³/mol. The molecule has 2 aliphatic rings. The zero-order valence-electron chi connectivity index (χ0n) is 17.2. The summed E-state index contributed by atoms with van der Waals surface area (Å²) in [6.07, 6.45) is 6.11. The van der Waals surface area contributed by atoms with Crippen LogP contribution < -0.4 is 19.7 Å². The Labute approximate surface area is 180 Å². The maximum absolute atomic E-state index is 12.9. The van der Waals surface area contributed by atoms with Gasteiger partial charge in [0.2, 0.25) is 5.95 Å². The molecular weight excluding hydrogens is 394 g/mol. The first-order valence-electron chi connectivity index (χ1n) is 10.4. The van der Waals surface area contributed by atoms with Gasteiger partial charge in [0.1, 0.15) is 13.2 Å². The predicted octanol–water partition coefficient (Wildman–Crippen LogP) is 2.63. The number of ether oxygens (including phenoxy) is 2. The van der Waals surface area contributed by atoms with Crippen LogP contribution in [0.15, 0.2) is 48.9 Å². The van der Waals surface area contributed by atoms with Gasteiger partial charge in [-0.2, -0.15) is 0 Å². The Kier molecular flexibility index (Phi) is 5.11. The quantitative estimate of drug-likeness (QED) is 0.698. The summed E-state index contributed by atoms with van der Waals surface area (Å²) in [5, 5.41) is 3.15. The average Bonchev–Trinajstić information content (AvgIpc) is 3.28. The van der Waals surface area contributed by atoms with Gasteiger partial charge in [0.25, 0.3) is 5.91 Å². The van der Waals surface area contributed by atoms with E-state index in [4.69, 9.17) is 14.5 Å². The van der Waals surface area contributed by atoms with Crippen LogP contribution in [0.25, 0.3) is 11.3 Å². The number of aryl methyl sites for hydroxylation is 1. The zero-order chi connectivity index (χ0) is 21.2. The van der Waals surface area contributed by atoms with Crippen molar-refractivity contribution in [1.29, 1.82) is 0 Å². The first-order chi connectivity index (χ1) is 15.2. The number of carbonyl (C=O) groups excluding carboxylic acids is 1. The lowest BCUT2D eigenvalue weighted by molar-refractivity contribution is 0.0938. The molecule has 8 heteroatoms. The number of amides is 1. The molecule has 8 nitrogen and oxygen atoms in total. The molecule has 1 unspecified atom stereocenters. The number of rotatable bonds is 4. The summed E-state index contributed by atoms with van der Waals surface area (Å²) < 4.78 is 11.2. The number of pyridine rings is 1. The molecule has 0 bridgehead atoms.